The van der Waals surface area contributed by atoms with Crippen molar-refractivity contribution in [2.24, 2.45) is 17.6 Å². The molecule has 1 saturated carbocycles. The summed E-state index contributed by atoms with van der Waals surface area (Å²) in [5.74, 6) is 0.190. The van der Waals surface area contributed by atoms with Gasteiger partial charge in [0.15, 0.2) is 0 Å². The number of benzene rings is 1. The van der Waals surface area contributed by atoms with Crippen LogP contribution in [-0.2, 0) is 4.79 Å². The van der Waals surface area contributed by atoms with Gasteiger partial charge < -0.3 is 10.6 Å². The lowest BCUT2D eigenvalue weighted by atomic mass is 9.96. The summed E-state index contributed by atoms with van der Waals surface area (Å²) in [5, 5.41) is 0. The van der Waals surface area contributed by atoms with Gasteiger partial charge in [0, 0.05) is 32.1 Å². The van der Waals surface area contributed by atoms with Gasteiger partial charge in [-0.2, -0.15) is 0 Å². The SMILES string of the molecule is NC(=O)[C@@H]1C[C@@H](F)CN1[C@H]1CC[C@@H]2CN(c3ccccc3F)C[C@@H]21. The molecule has 1 aliphatic carbocycles. The fourth-order valence-electron chi connectivity index (χ4n) is 5.01. The summed E-state index contributed by atoms with van der Waals surface area (Å²) in [6.45, 7) is 1.88. The number of fused-ring (bicyclic) bond motifs is 1. The second-order valence-electron chi connectivity index (χ2n) is 7.37. The predicted molar refractivity (Wildman–Crippen MR) is 87.8 cm³/mol. The molecule has 4 rings (SSSR count). The maximum atomic E-state index is 14.1. The number of rotatable bonds is 3. The van der Waals surface area contributed by atoms with Crippen LogP contribution >= 0.6 is 0 Å². The molecular weight excluding hydrogens is 312 g/mol. The molecule has 6 heteroatoms. The van der Waals surface area contributed by atoms with E-state index in [0.717, 1.165) is 25.9 Å². The molecule has 0 bridgehead atoms. The third-order valence-electron chi connectivity index (χ3n) is 6.05. The van der Waals surface area contributed by atoms with Crippen molar-refractivity contribution in [3.63, 3.8) is 0 Å². The minimum absolute atomic E-state index is 0.171. The van der Waals surface area contributed by atoms with E-state index in [1.54, 1.807) is 6.07 Å². The second-order valence-corrected chi connectivity index (χ2v) is 7.37. The van der Waals surface area contributed by atoms with Crippen molar-refractivity contribution >= 4 is 11.6 Å². The van der Waals surface area contributed by atoms with Crippen LogP contribution in [0.3, 0.4) is 0 Å². The molecule has 3 aliphatic rings. The molecule has 2 aliphatic heterocycles. The molecule has 0 radical (unpaired) electrons. The maximum absolute atomic E-state index is 14.1. The predicted octanol–water partition coefficient (Wildman–Crippen LogP) is 1.94. The van der Waals surface area contributed by atoms with Gasteiger partial charge in [-0.3, -0.25) is 9.69 Å². The Morgan fingerprint density at radius 1 is 1.17 bits per heavy atom. The number of hydrogen-bond acceptors (Lipinski definition) is 3. The molecule has 4 nitrogen and oxygen atoms in total. The summed E-state index contributed by atoms with van der Waals surface area (Å²) in [6.07, 6.45) is 1.24. The average Bonchev–Trinajstić information content (AvgIpc) is 3.21. The monoisotopic (exact) mass is 335 g/mol. The number of halogens is 2. The molecule has 130 valence electrons. The van der Waals surface area contributed by atoms with E-state index < -0.39 is 18.1 Å². The quantitative estimate of drug-likeness (QED) is 0.918. The van der Waals surface area contributed by atoms with Gasteiger partial charge in [0.05, 0.1) is 11.7 Å². The average molecular weight is 335 g/mol. The zero-order valence-electron chi connectivity index (χ0n) is 13.6. The Morgan fingerprint density at radius 2 is 1.96 bits per heavy atom. The van der Waals surface area contributed by atoms with E-state index in [1.165, 1.54) is 6.07 Å². The number of nitrogens with two attached hydrogens (primary N) is 1. The summed E-state index contributed by atoms with van der Waals surface area (Å²) in [7, 11) is 0. The number of carbonyl (C=O) groups is 1. The Balaban J connectivity index is 1.53. The lowest BCUT2D eigenvalue weighted by Crippen LogP contribution is -2.48. The van der Waals surface area contributed by atoms with Gasteiger partial charge in [-0.1, -0.05) is 12.1 Å². The molecule has 0 unspecified atom stereocenters. The highest BCUT2D eigenvalue weighted by Crippen LogP contribution is 2.44. The summed E-state index contributed by atoms with van der Waals surface area (Å²) in [5.41, 5.74) is 6.13. The Bertz CT molecular complexity index is 640. The highest BCUT2D eigenvalue weighted by Gasteiger charge is 2.49. The number of anilines is 1. The van der Waals surface area contributed by atoms with Crippen LogP contribution < -0.4 is 10.6 Å². The van der Waals surface area contributed by atoms with Crippen LogP contribution in [0.2, 0.25) is 0 Å². The second kappa shape index (κ2) is 5.99. The van der Waals surface area contributed by atoms with Crippen molar-refractivity contribution in [1.82, 2.24) is 4.90 Å². The first-order valence-corrected chi connectivity index (χ1v) is 8.73. The van der Waals surface area contributed by atoms with Gasteiger partial charge in [-0.25, -0.2) is 8.78 Å². The first-order chi connectivity index (χ1) is 11.5. The van der Waals surface area contributed by atoms with E-state index in [2.05, 4.69) is 4.90 Å². The van der Waals surface area contributed by atoms with Crippen LogP contribution in [0.25, 0.3) is 0 Å². The normalized spacial score (nSPS) is 36.2. The fourth-order valence-corrected chi connectivity index (χ4v) is 5.01. The Kier molecular flexibility index (Phi) is 3.95. The summed E-state index contributed by atoms with van der Waals surface area (Å²) >= 11 is 0. The third kappa shape index (κ3) is 2.57. The number of likely N-dealkylation sites (tertiary alicyclic amines) is 1. The number of para-hydroxylation sites is 1. The van der Waals surface area contributed by atoms with Crippen molar-refractivity contribution in [3.8, 4) is 0 Å². The number of alkyl halides is 1. The molecule has 3 fully saturated rings. The summed E-state index contributed by atoms with van der Waals surface area (Å²) in [4.78, 5) is 15.8. The Hall–Kier alpha value is -1.69. The molecule has 2 heterocycles. The van der Waals surface area contributed by atoms with Crippen LogP contribution in [0.4, 0.5) is 14.5 Å². The molecule has 1 aromatic carbocycles. The van der Waals surface area contributed by atoms with Crippen molar-refractivity contribution < 1.29 is 13.6 Å². The van der Waals surface area contributed by atoms with Crippen molar-refractivity contribution in [1.29, 1.82) is 0 Å². The van der Waals surface area contributed by atoms with Crippen LogP contribution in [-0.4, -0.2) is 48.7 Å². The molecule has 0 aromatic heterocycles. The van der Waals surface area contributed by atoms with E-state index in [-0.39, 0.29) is 18.3 Å². The number of amides is 1. The van der Waals surface area contributed by atoms with Crippen molar-refractivity contribution in [3.05, 3.63) is 30.1 Å². The van der Waals surface area contributed by atoms with Gasteiger partial charge >= 0.3 is 0 Å². The van der Waals surface area contributed by atoms with E-state index in [0.29, 0.717) is 24.1 Å². The molecule has 0 spiro atoms. The van der Waals surface area contributed by atoms with Gasteiger partial charge in [0.2, 0.25) is 5.91 Å². The standard InChI is InChI=1S/C18H23F2N3O/c19-12-7-17(18(21)24)23(9-12)15-6-5-11-8-22(10-13(11)15)16-4-2-1-3-14(16)20/h1-4,11-13,15,17H,5-10H2,(H2,21,24)/t11-,12-,13+,15+,17+/m1/s1. The van der Waals surface area contributed by atoms with Gasteiger partial charge in [-0.05, 0) is 36.8 Å². The zero-order valence-corrected chi connectivity index (χ0v) is 13.6. The lowest BCUT2D eigenvalue weighted by Gasteiger charge is -2.33. The molecule has 5 atom stereocenters. The lowest BCUT2D eigenvalue weighted by molar-refractivity contribution is -0.123. The Morgan fingerprint density at radius 3 is 2.71 bits per heavy atom. The van der Waals surface area contributed by atoms with E-state index in [9.17, 15) is 13.6 Å². The van der Waals surface area contributed by atoms with Gasteiger partial charge in [-0.15, -0.1) is 0 Å². The van der Waals surface area contributed by atoms with Crippen molar-refractivity contribution in [2.45, 2.75) is 37.5 Å². The smallest absolute Gasteiger partial charge is 0.234 e. The molecule has 24 heavy (non-hydrogen) atoms. The maximum Gasteiger partial charge on any atom is 0.234 e. The topological polar surface area (TPSA) is 49.6 Å². The van der Waals surface area contributed by atoms with E-state index in [4.69, 9.17) is 5.73 Å². The van der Waals surface area contributed by atoms with E-state index in [1.807, 2.05) is 17.0 Å². The van der Waals surface area contributed by atoms with Crippen LogP contribution in [0.5, 0.6) is 0 Å². The van der Waals surface area contributed by atoms with Crippen molar-refractivity contribution in [2.75, 3.05) is 24.5 Å². The fraction of sp³-hybridized carbons (Fsp3) is 0.611. The molecule has 2 N–H and O–H groups in total. The number of hydrogen-bond donors (Lipinski definition) is 1. The minimum Gasteiger partial charge on any atom is -0.369 e. The molecule has 2 saturated heterocycles. The summed E-state index contributed by atoms with van der Waals surface area (Å²) < 4.78 is 27.9. The molecular formula is C18H23F2N3O. The van der Waals surface area contributed by atoms with Crippen LogP contribution in [0.15, 0.2) is 24.3 Å². The van der Waals surface area contributed by atoms with Gasteiger partial charge in [0.25, 0.3) is 0 Å². The first-order valence-electron chi connectivity index (χ1n) is 8.73. The highest BCUT2D eigenvalue weighted by atomic mass is 19.1. The van der Waals surface area contributed by atoms with E-state index >= 15 is 0 Å². The molecule has 1 aromatic rings. The Labute approximate surface area is 140 Å². The number of primary amides is 1. The first kappa shape index (κ1) is 15.8. The highest BCUT2D eigenvalue weighted by molar-refractivity contribution is 5.80. The van der Waals surface area contributed by atoms with Crippen LogP contribution in [0, 0.1) is 17.7 Å². The zero-order chi connectivity index (χ0) is 16.8. The summed E-state index contributed by atoms with van der Waals surface area (Å²) in [6, 6.07) is 6.52. The number of carbonyl (C=O) groups excluding carboxylic acids is 1. The third-order valence-corrected chi connectivity index (χ3v) is 6.05. The van der Waals surface area contributed by atoms with Gasteiger partial charge in [0.1, 0.15) is 12.0 Å². The van der Waals surface area contributed by atoms with Crippen LogP contribution in [0.1, 0.15) is 19.3 Å². The molecule has 1 amide bonds. The minimum atomic E-state index is -0.981. The largest absolute Gasteiger partial charge is 0.369 e. The number of nitrogens with zero attached hydrogens (tertiary/aromatic N) is 2.